The highest BCUT2D eigenvalue weighted by molar-refractivity contribution is 9.10. The largest absolute Gasteiger partial charge is 0.493 e. The Morgan fingerprint density at radius 3 is 2.54 bits per heavy atom. The van der Waals surface area contributed by atoms with Crippen LogP contribution < -0.4 is 14.8 Å². The maximum Gasteiger partial charge on any atom is 0.293 e. The van der Waals surface area contributed by atoms with Crippen LogP contribution in [0, 0.1) is 13.8 Å². The normalized spacial score (nSPS) is 14.3. The van der Waals surface area contributed by atoms with Gasteiger partial charge < -0.3 is 14.8 Å². The molecular formula is C28H25BrN2O5S. The average Bonchev–Trinajstić information content (AvgIpc) is 3.13. The number of carbonyl (C=O) groups is 3. The zero-order valence-electron chi connectivity index (χ0n) is 20.5. The number of carbonyl (C=O) groups excluding carboxylic acids is 3. The van der Waals surface area contributed by atoms with Gasteiger partial charge in [0.2, 0.25) is 0 Å². The maximum absolute atomic E-state index is 12.9. The van der Waals surface area contributed by atoms with E-state index in [4.69, 9.17) is 9.47 Å². The van der Waals surface area contributed by atoms with Crippen molar-refractivity contribution in [3.8, 4) is 11.5 Å². The molecule has 7 nitrogen and oxygen atoms in total. The highest BCUT2D eigenvalue weighted by Crippen LogP contribution is 2.36. The fourth-order valence-corrected chi connectivity index (χ4v) is 4.89. The van der Waals surface area contributed by atoms with Crippen LogP contribution in [0.1, 0.15) is 22.3 Å². The van der Waals surface area contributed by atoms with Gasteiger partial charge in [-0.2, -0.15) is 0 Å². The average molecular weight is 581 g/mol. The van der Waals surface area contributed by atoms with E-state index in [1.54, 1.807) is 24.3 Å². The first-order valence-corrected chi connectivity index (χ1v) is 13.0. The van der Waals surface area contributed by atoms with E-state index in [1.807, 2.05) is 56.3 Å². The first-order valence-electron chi connectivity index (χ1n) is 11.4. The van der Waals surface area contributed by atoms with Gasteiger partial charge >= 0.3 is 0 Å². The Morgan fingerprint density at radius 1 is 1.03 bits per heavy atom. The maximum atomic E-state index is 12.9. The van der Waals surface area contributed by atoms with Crippen molar-refractivity contribution in [3.63, 3.8) is 0 Å². The summed E-state index contributed by atoms with van der Waals surface area (Å²) in [6, 6.07) is 18.3. The van der Waals surface area contributed by atoms with Gasteiger partial charge in [0.05, 0.1) is 18.6 Å². The zero-order chi connectivity index (χ0) is 26.5. The fraction of sp³-hybridized carbons (Fsp3) is 0.179. The molecule has 3 amide bonds. The number of nitrogens with zero attached hydrogens (tertiary/aromatic N) is 1. The number of anilines is 1. The lowest BCUT2D eigenvalue weighted by molar-refractivity contribution is -0.123. The van der Waals surface area contributed by atoms with Gasteiger partial charge in [0.25, 0.3) is 17.1 Å². The summed E-state index contributed by atoms with van der Waals surface area (Å²) in [6.07, 6.45) is 1.64. The zero-order valence-corrected chi connectivity index (χ0v) is 22.9. The highest BCUT2D eigenvalue weighted by atomic mass is 79.9. The molecule has 0 aliphatic carbocycles. The van der Waals surface area contributed by atoms with Gasteiger partial charge in [0.1, 0.15) is 0 Å². The summed E-state index contributed by atoms with van der Waals surface area (Å²) < 4.78 is 11.9. The molecule has 0 spiro atoms. The van der Waals surface area contributed by atoms with E-state index in [2.05, 4.69) is 21.2 Å². The number of rotatable bonds is 8. The second-order valence-corrected chi connectivity index (χ2v) is 10.3. The van der Waals surface area contributed by atoms with Crippen LogP contribution in [-0.2, 0) is 16.1 Å². The molecule has 0 atom stereocenters. The minimum atomic E-state index is -0.354. The third-order valence-electron chi connectivity index (χ3n) is 5.79. The van der Waals surface area contributed by atoms with Crippen molar-refractivity contribution in [2.75, 3.05) is 19.0 Å². The van der Waals surface area contributed by atoms with Gasteiger partial charge in [-0.3, -0.25) is 19.3 Å². The number of hydrogen-bond donors (Lipinski definition) is 1. The van der Waals surface area contributed by atoms with Crippen LogP contribution in [0.2, 0.25) is 0 Å². The van der Waals surface area contributed by atoms with Crippen LogP contribution in [0.3, 0.4) is 0 Å². The number of aryl methyl sites for hydroxylation is 2. The lowest BCUT2D eigenvalue weighted by atomic mass is 10.1. The SMILES string of the molecule is COc1cc(/C=C2/SC(=O)N(Cc3ccccc3Br)C2=O)ccc1OCC(=O)Nc1ccc(C)c(C)c1. The van der Waals surface area contributed by atoms with Crippen molar-refractivity contribution < 1.29 is 23.9 Å². The minimum Gasteiger partial charge on any atom is -0.493 e. The van der Waals surface area contributed by atoms with Crippen molar-refractivity contribution in [1.29, 1.82) is 0 Å². The van der Waals surface area contributed by atoms with E-state index < -0.39 is 0 Å². The number of halogens is 1. The molecule has 0 unspecified atom stereocenters. The van der Waals surface area contributed by atoms with Crippen LogP contribution in [0.4, 0.5) is 10.5 Å². The molecule has 3 aromatic carbocycles. The predicted molar refractivity (Wildman–Crippen MR) is 149 cm³/mol. The van der Waals surface area contributed by atoms with Crippen LogP contribution in [0.25, 0.3) is 6.08 Å². The molecule has 1 fully saturated rings. The molecule has 9 heteroatoms. The van der Waals surface area contributed by atoms with Crippen molar-refractivity contribution in [2.45, 2.75) is 20.4 Å². The highest BCUT2D eigenvalue weighted by Gasteiger charge is 2.35. The Balaban J connectivity index is 1.42. The smallest absolute Gasteiger partial charge is 0.293 e. The van der Waals surface area contributed by atoms with Crippen LogP contribution in [0.15, 0.2) is 70.0 Å². The molecule has 1 heterocycles. The Bertz CT molecular complexity index is 1410. The number of hydrogen-bond acceptors (Lipinski definition) is 6. The number of imide groups is 1. The number of benzene rings is 3. The Morgan fingerprint density at radius 2 is 1.81 bits per heavy atom. The van der Waals surface area contributed by atoms with Crippen LogP contribution in [0.5, 0.6) is 11.5 Å². The molecule has 1 aliphatic heterocycles. The van der Waals surface area contributed by atoms with Gasteiger partial charge in [-0.15, -0.1) is 0 Å². The lowest BCUT2D eigenvalue weighted by Crippen LogP contribution is -2.27. The molecule has 37 heavy (non-hydrogen) atoms. The molecule has 4 rings (SSSR count). The first kappa shape index (κ1) is 26.5. The number of nitrogens with one attached hydrogen (secondary N) is 1. The summed E-state index contributed by atoms with van der Waals surface area (Å²) in [5.74, 6) is 0.137. The van der Waals surface area contributed by atoms with E-state index in [0.29, 0.717) is 27.7 Å². The number of ether oxygens (including phenoxy) is 2. The quantitative estimate of drug-likeness (QED) is 0.313. The third kappa shape index (κ3) is 6.42. The van der Waals surface area contributed by atoms with Gasteiger partial charge in [0, 0.05) is 10.2 Å². The molecule has 0 radical (unpaired) electrons. The van der Waals surface area contributed by atoms with Crippen LogP contribution >= 0.6 is 27.7 Å². The summed E-state index contributed by atoms with van der Waals surface area (Å²) in [4.78, 5) is 39.4. The molecular weight excluding hydrogens is 556 g/mol. The molecule has 190 valence electrons. The van der Waals surface area contributed by atoms with Gasteiger partial charge in [-0.05, 0) is 84.3 Å². The fourth-order valence-electron chi connectivity index (χ4n) is 3.64. The monoisotopic (exact) mass is 580 g/mol. The number of amides is 3. The predicted octanol–water partition coefficient (Wildman–Crippen LogP) is 6.33. The van der Waals surface area contributed by atoms with Crippen LogP contribution in [-0.4, -0.2) is 35.7 Å². The standard InChI is InChI=1S/C28H25BrN2O5S/c1-17-8-10-21(12-18(17)2)30-26(32)16-36-23-11-9-19(13-24(23)35-3)14-25-27(33)31(28(34)37-25)15-20-6-4-5-7-22(20)29/h4-14H,15-16H2,1-3H3,(H,30,32)/b25-14+. The molecule has 0 aromatic heterocycles. The van der Waals surface area contributed by atoms with Gasteiger partial charge in [0.15, 0.2) is 18.1 Å². The summed E-state index contributed by atoms with van der Waals surface area (Å²) in [5, 5.41) is 2.49. The molecule has 1 saturated heterocycles. The number of thioether (sulfide) groups is 1. The topological polar surface area (TPSA) is 84.9 Å². The third-order valence-corrected chi connectivity index (χ3v) is 7.48. The van der Waals surface area contributed by atoms with E-state index in [9.17, 15) is 14.4 Å². The Labute approximate surface area is 228 Å². The summed E-state index contributed by atoms with van der Waals surface area (Å²) in [6.45, 7) is 3.98. The van der Waals surface area contributed by atoms with Crippen molar-refractivity contribution in [1.82, 2.24) is 4.90 Å². The minimum absolute atomic E-state index is 0.184. The van der Waals surface area contributed by atoms with Gasteiger partial charge in [-0.25, -0.2) is 0 Å². The van der Waals surface area contributed by atoms with Gasteiger partial charge in [-0.1, -0.05) is 46.3 Å². The summed E-state index contributed by atoms with van der Waals surface area (Å²) in [7, 11) is 1.49. The van der Waals surface area contributed by atoms with Crippen molar-refractivity contribution >= 4 is 56.5 Å². The first-order chi connectivity index (χ1) is 17.7. The van der Waals surface area contributed by atoms with Crippen molar-refractivity contribution in [2.24, 2.45) is 0 Å². The molecule has 0 saturated carbocycles. The number of methoxy groups -OCH3 is 1. The van der Waals surface area contributed by atoms with E-state index in [-0.39, 0.29) is 30.2 Å². The summed E-state index contributed by atoms with van der Waals surface area (Å²) >= 11 is 4.35. The molecule has 1 N–H and O–H groups in total. The van der Waals surface area contributed by atoms with E-state index >= 15 is 0 Å². The summed E-state index contributed by atoms with van der Waals surface area (Å²) in [5.41, 5.74) is 4.44. The Kier molecular flexibility index (Phi) is 8.35. The van der Waals surface area contributed by atoms with Crippen molar-refractivity contribution in [3.05, 3.63) is 92.3 Å². The van der Waals surface area contributed by atoms with E-state index in [1.165, 1.54) is 12.0 Å². The second-order valence-electron chi connectivity index (χ2n) is 8.41. The Hall–Kier alpha value is -3.56. The van der Waals surface area contributed by atoms with E-state index in [0.717, 1.165) is 32.9 Å². The lowest BCUT2D eigenvalue weighted by Gasteiger charge is -2.13. The molecule has 1 aliphatic rings. The molecule has 0 bridgehead atoms. The molecule has 3 aromatic rings. The second kappa shape index (κ2) is 11.7.